The highest BCUT2D eigenvalue weighted by molar-refractivity contribution is 7.11. The Morgan fingerprint density at radius 3 is 2.95 bits per heavy atom. The summed E-state index contributed by atoms with van der Waals surface area (Å²) in [5.41, 5.74) is 1.30. The minimum atomic E-state index is -0.338. The van der Waals surface area contributed by atoms with Crippen LogP contribution in [0.25, 0.3) is 5.00 Å². The lowest BCUT2D eigenvalue weighted by Gasteiger charge is -2.04. The minimum Gasteiger partial charge on any atom is -0.465 e. The number of aryl methyl sites for hydroxylation is 2. The van der Waals surface area contributed by atoms with Crippen molar-refractivity contribution in [2.75, 3.05) is 0 Å². The monoisotopic (exact) mass is 326 g/mol. The zero-order valence-electron chi connectivity index (χ0n) is 12.3. The van der Waals surface area contributed by atoms with E-state index in [1.165, 1.54) is 34.6 Å². The highest BCUT2D eigenvalue weighted by Crippen LogP contribution is 2.24. The lowest BCUT2D eigenvalue weighted by atomic mass is 10.2. The van der Waals surface area contributed by atoms with Crippen molar-refractivity contribution in [1.82, 2.24) is 29.1 Å². The molecular formula is C11H12N6O2S2. The second kappa shape index (κ2) is 5.74. The van der Waals surface area contributed by atoms with E-state index in [4.69, 9.17) is 6.11 Å². The summed E-state index contributed by atoms with van der Waals surface area (Å²) in [5.74, 6) is 0. The van der Waals surface area contributed by atoms with Crippen LogP contribution in [0.4, 0.5) is 0 Å². The standard InChI is InChI=1S/C11H12N6O2S2/c1-3-8-7(6-19-10-12-4-5-20-10)9(21-13-8)17-11(18)16(2)14-15-17/h4-5H,3,6H2,1-2H3/i4T. The molecule has 0 saturated heterocycles. The first-order valence-corrected chi connectivity index (χ1v) is 7.77. The smallest absolute Gasteiger partial charge is 0.369 e. The zero-order chi connectivity index (χ0) is 15.7. The fourth-order valence-electron chi connectivity index (χ4n) is 1.74. The van der Waals surface area contributed by atoms with Crippen LogP contribution in [0.3, 0.4) is 0 Å². The van der Waals surface area contributed by atoms with Crippen LogP contribution in [-0.2, 0) is 20.1 Å². The molecule has 8 nitrogen and oxygen atoms in total. The Morgan fingerprint density at radius 2 is 2.33 bits per heavy atom. The number of ether oxygens (including phenoxy) is 1. The average molecular weight is 326 g/mol. The maximum absolute atomic E-state index is 12.0. The Labute approximate surface area is 129 Å². The van der Waals surface area contributed by atoms with Crippen LogP contribution in [0.2, 0.25) is 0 Å². The van der Waals surface area contributed by atoms with Crippen LogP contribution in [0.5, 0.6) is 5.19 Å². The summed E-state index contributed by atoms with van der Waals surface area (Å²) >= 11 is 2.44. The third-order valence-electron chi connectivity index (χ3n) is 2.81. The van der Waals surface area contributed by atoms with E-state index < -0.39 is 0 Å². The van der Waals surface area contributed by atoms with Gasteiger partial charge in [0.15, 0.2) is 5.00 Å². The normalized spacial score (nSPS) is 11.6. The molecule has 21 heavy (non-hydrogen) atoms. The first-order valence-electron chi connectivity index (χ1n) is 6.62. The van der Waals surface area contributed by atoms with Crippen molar-refractivity contribution < 1.29 is 6.11 Å². The van der Waals surface area contributed by atoms with Gasteiger partial charge in [0.05, 0.1) is 7.06 Å². The molecule has 0 aromatic carbocycles. The molecule has 0 unspecified atom stereocenters. The number of aromatic nitrogens is 6. The minimum absolute atomic E-state index is 0.171. The van der Waals surface area contributed by atoms with Crippen LogP contribution in [-0.4, -0.2) is 29.1 Å². The molecule has 3 aromatic rings. The van der Waals surface area contributed by atoms with Gasteiger partial charge < -0.3 is 4.74 Å². The van der Waals surface area contributed by atoms with Crippen molar-refractivity contribution in [1.29, 1.82) is 0 Å². The van der Waals surface area contributed by atoms with E-state index in [0.717, 1.165) is 15.9 Å². The van der Waals surface area contributed by atoms with Crippen LogP contribution in [0.15, 0.2) is 16.3 Å². The molecule has 0 aliphatic rings. The Kier molecular flexibility index (Phi) is 3.46. The van der Waals surface area contributed by atoms with Crippen LogP contribution < -0.4 is 10.4 Å². The highest BCUT2D eigenvalue weighted by Gasteiger charge is 2.19. The van der Waals surface area contributed by atoms with Gasteiger partial charge in [-0.2, -0.15) is 9.06 Å². The number of tetrazole rings is 1. The van der Waals surface area contributed by atoms with Crippen LogP contribution >= 0.6 is 22.9 Å². The molecule has 3 heterocycles. The van der Waals surface area contributed by atoms with Gasteiger partial charge in [-0.25, -0.2) is 9.78 Å². The molecule has 0 aliphatic heterocycles. The predicted molar refractivity (Wildman–Crippen MR) is 78.1 cm³/mol. The predicted octanol–water partition coefficient (Wildman–Crippen LogP) is 1.02. The van der Waals surface area contributed by atoms with E-state index >= 15 is 0 Å². The molecule has 0 N–H and O–H groups in total. The van der Waals surface area contributed by atoms with E-state index in [1.54, 1.807) is 5.38 Å². The molecule has 10 heteroatoms. The lowest BCUT2D eigenvalue weighted by molar-refractivity contribution is 0.303. The summed E-state index contributed by atoms with van der Waals surface area (Å²) in [6, 6.07) is 0. The number of nitrogens with zero attached hydrogens (tertiary/aromatic N) is 6. The van der Waals surface area contributed by atoms with Gasteiger partial charge in [0.1, 0.15) is 6.61 Å². The van der Waals surface area contributed by atoms with Crippen molar-refractivity contribution >= 4 is 22.9 Å². The molecular weight excluding hydrogens is 312 g/mol. The van der Waals surface area contributed by atoms with Gasteiger partial charge in [-0.05, 0) is 28.4 Å². The third-order valence-corrected chi connectivity index (χ3v) is 4.34. The summed E-state index contributed by atoms with van der Waals surface area (Å²) in [7, 11) is 1.54. The van der Waals surface area contributed by atoms with E-state index in [9.17, 15) is 4.79 Å². The fourth-order valence-corrected chi connectivity index (χ4v) is 3.10. The number of hydrogen-bond donors (Lipinski definition) is 0. The first-order chi connectivity index (χ1) is 10.6. The Morgan fingerprint density at radius 1 is 1.48 bits per heavy atom. The van der Waals surface area contributed by atoms with Gasteiger partial charge in [-0.3, -0.25) is 0 Å². The first kappa shape index (κ1) is 12.7. The number of thiazole rings is 1. The van der Waals surface area contributed by atoms with E-state index in [1.807, 2.05) is 6.92 Å². The molecule has 0 radical (unpaired) electrons. The molecule has 3 aromatic heterocycles. The maximum atomic E-state index is 12.0. The largest absolute Gasteiger partial charge is 0.465 e. The van der Waals surface area contributed by atoms with Crippen molar-refractivity contribution in [3.05, 3.63) is 33.3 Å². The summed E-state index contributed by atoms with van der Waals surface area (Å²) in [6.07, 6.45) is 0.885. The Balaban J connectivity index is 1.93. The van der Waals surface area contributed by atoms with Crippen molar-refractivity contribution in [3.8, 4) is 10.2 Å². The van der Waals surface area contributed by atoms with Gasteiger partial charge in [0.25, 0.3) is 5.19 Å². The summed E-state index contributed by atoms with van der Waals surface area (Å²) < 4.78 is 19.7. The quantitative estimate of drug-likeness (QED) is 0.695. The molecule has 0 bridgehead atoms. The topological polar surface area (TPSA) is 87.7 Å². The van der Waals surface area contributed by atoms with Crippen molar-refractivity contribution in [3.63, 3.8) is 0 Å². The molecule has 3 rings (SSSR count). The molecule has 0 amide bonds. The third kappa shape index (κ3) is 2.59. The van der Waals surface area contributed by atoms with E-state index in [2.05, 4.69) is 19.8 Å². The Hall–Kier alpha value is -2.07. The van der Waals surface area contributed by atoms with Gasteiger partial charge >= 0.3 is 5.69 Å². The lowest BCUT2D eigenvalue weighted by Crippen LogP contribution is -2.22. The summed E-state index contributed by atoms with van der Waals surface area (Å²) in [5, 5.41) is 10.2. The summed E-state index contributed by atoms with van der Waals surface area (Å²) in [4.78, 5) is 15.9. The van der Waals surface area contributed by atoms with Gasteiger partial charge in [-0.1, -0.05) is 18.3 Å². The van der Waals surface area contributed by atoms with E-state index in [-0.39, 0.29) is 18.5 Å². The second-order valence-corrected chi connectivity index (χ2v) is 5.67. The van der Waals surface area contributed by atoms with Crippen molar-refractivity contribution in [2.45, 2.75) is 20.0 Å². The van der Waals surface area contributed by atoms with Gasteiger partial charge in [-0.15, -0.1) is 4.68 Å². The molecule has 0 aliphatic carbocycles. The zero-order valence-corrected chi connectivity index (χ0v) is 12.9. The number of rotatable bonds is 5. The van der Waals surface area contributed by atoms with E-state index in [0.29, 0.717) is 16.6 Å². The number of hydrogen-bond acceptors (Lipinski definition) is 8. The van der Waals surface area contributed by atoms with Crippen LogP contribution in [0, 0.1) is 0 Å². The average Bonchev–Trinajstić information content (AvgIpc) is 3.18. The molecule has 0 saturated carbocycles. The van der Waals surface area contributed by atoms with Crippen molar-refractivity contribution in [2.24, 2.45) is 7.05 Å². The Bertz CT molecular complexity index is 851. The molecule has 110 valence electrons. The summed E-state index contributed by atoms with van der Waals surface area (Å²) in [6.45, 7) is 2.19. The molecule has 0 fully saturated rings. The molecule has 0 atom stereocenters. The highest BCUT2D eigenvalue weighted by atomic mass is 32.1. The fraction of sp³-hybridized carbons (Fsp3) is 0.364. The van der Waals surface area contributed by atoms with Gasteiger partial charge in [0.2, 0.25) is 0 Å². The maximum Gasteiger partial charge on any atom is 0.369 e. The second-order valence-electron chi connectivity index (χ2n) is 4.09. The SMILES string of the molecule is [3H]c1csc(OCc2c(CC)nsc2-n2nnn(C)c2=O)n1. The van der Waals surface area contributed by atoms with Crippen LogP contribution in [0.1, 0.15) is 19.6 Å². The van der Waals surface area contributed by atoms with Gasteiger partial charge in [0, 0.05) is 24.2 Å². The molecule has 0 spiro atoms.